The van der Waals surface area contributed by atoms with Crippen LogP contribution < -0.4 is 0 Å². The van der Waals surface area contributed by atoms with Crippen LogP contribution in [0.1, 0.15) is 29.2 Å². The number of amides is 2. The predicted molar refractivity (Wildman–Crippen MR) is 150 cm³/mol. The average molecular weight is 556 g/mol. The Morgan fingerprint density at radius 3 is 2.36 bits per heavy atom. The summed E-state index contributed by atoms with van der Waals surface area (Å²) in [5.74, 6) is -0.318. The summed E-state index contributed by atoms with van der Waals surface area (Å²) in [5, 5.41) is 2.24. The van der Waals surface area contributed by atoms with Crippen molar-refractivity contribution in [2.24, 2.45) is 0 Å². The lowest BCUT2D eigenvalue weighted by molar-refractivity contribution is -0.123. The van der Waals surface area contributed by atoms with Gasteiger partial charge in [-0.15, -0.1) is 0 Å². The lowest BCUT2D eigenvalue weighted by Crippen LogP contribution is -2.27. The molecule has 1 saturated heterocycles. The standard InChI is InChI=1S/C28H21Cl3N2O2S/c1-2-19-4-3-5-22-20(16-32(26(19)22)14-17-6-9-21(29)10-7-17)13-25-27(34)33(28(35)36-25)15-18-8-11-23(30)24(31)12-18/h3-13,16H,2,14-15H2,1H3/b25-13-. The quantitative estimate of drug-likeness (QED) is 0.224. The molecule has 0 aliphatic carbocycles. The molecule has 0 N–H and O–H groups in total. The number of carbonyl (C=O) groups is 2. The average Bonchev–Trinajstić information content (AvgIpc) is 3.34. The molecule has 0 radical (unpaired) electrons. The van der Waals surface area contributed by atoms with E-state index in [4.69, 9.17) is 34.8 Å². The Morgan fingerprint density at radius 1 is 0.889 bits per heavy atom. The first kappa shape index (κ1) is 25.0. The largest absolute Gasteiger partial charge is 0.342 e. The number of aryl methyl sites for hydroxylation is 1. The summed E-state index contributed by atoms with van der Waals surface area (Å²) in [7, 11) is 0. The van der Waals surface area contributed by atoms with Crippen LogP contribution in [0.25, 0.3) is 17.0 Å². The van der Waals surface area contributed by atoms with Gasteiger partial charge in [0.05, 0.1) is 27.0 Å². The first-order valence-corrected chi connectivity index (χ1v) is 13.3. The Bertz CT molecular complexity index is 1530. The second kappa shape index (κ2) is 10.3. The lowest BCUT2D eigenvalue weighted by atomic mass is 10.1. The zero-order chi connectivity index (χ0) is 25.4. The monoisotopic (exact) mass is 554 g/mol. The summed E-state index contributed by atoms with van der Waals surface area (Å²) in [6.45, 7) is 2.93. The zero-order valence-corrected chi connectivity index (χ0v) is 22.4. The maximum absolute atomic E-state index is 13.2. The van der Waals surface area contributed by atoms with Crippen LogP contribution in [-0.4, -0.2) is 20.6 Å². The molecule has 182 valence electrons. The van der Waals surface area contributed by atoms with Gasteiger partial charge < -0.3 is 4.57 Å². The molecule has 1 aromatic heterocycles. The van der Waals surface area contributed by atoms with E-state index < -0.39 is 0 Å². The van der Waals surface area contributed by atoms with Gasteiger partial charge in [0.1, 0.15) is 0 Å². The molecule has 1 fully saturated rings. The molecule has 1 aliphatic heterocycles. The molecule has 0 atom stereocenters. The lowest BCUT2D eigenvalue weighted by Gasteiger charge is -2.12. The van der Waals surface area contributed by atoms with Crippen LogP contribution in [0.4, 0.5) is 4.79 Å². The number of rotatable bonds is 6. The fourth-order valence-electron chi connectivity index (χ4n) is 4.38. The van der Waals surface area contributed by atoms with E-state index in [1.54, 1.807) is 18.2 Å². The molecular weight excluding hydrogens is 535 g/mol. The van der Waals surface area contributed by atoms with Crippen molar-refractivity contribution < 1.29 is 9.59 Å². The molecule has 4 aromatic rings. The summed E-state index contributed by atoms with van der Waals surface area (Å²) >= 11 is 19.1. The van der Waals surface area contributed by atoms with Crippen molar-refractivity contribution in [3.8, 4) is 0 Å². The van der Waals surface area contributed by atoms with Crippen molar-refractivity contribution in [2.45, 2.75) is 26.4 Å². The number of thioether (sulfide) groups is 1. The number of hydrogen-bond acceptors (Lipinski definition) is 3. The van der Waals surface area contributed by atoms with Crippen LogP contribution in [0.3, 0.4) is 0 Å². The normalized spacial score (nSPS) is 15.0. The van der Waals surface area contributed by atoms with Crippen LogP contribution >= 0.6 is 46.6 Å². The zero-order valence-electron chi connectivity index (χ0n) is 19.3. The van der Waals surface area contributed by atoms with Crippen LogP contribution in [0.15, 0.2) is 71.8 Å². The molecule has 8 heteroatoms. The van der Waals surface area contributed by atoms with Crippen molar-refractivity contribution in [2.75, 3.05) is 0 Å². The fourth-order valence-corrected chi connectivity index (χ4v) is 5.65. The summed E-state index contributed by atoms with van der Waals surface area (Å²) in [4.78, 5) is 27.6. The van der Waals surface area contributed by atoms with Crippen molar-refractivity contribution in [1.82, 2.24) is 9.47 Å². The van der Waals surface area contributed by atoms with E-state index in [9.17, 15) is 9.59 Å². The Morgan fingerprint density at radius 2 is 1.64 bits per heavy atom. The van der Waals surface area contributed by atoms with Crippen LogP contribution in [-0.2, 0) is 24.3 Å². The van der Waals surface area contributed by atoms with E-state index in [0.717, 1.165) is 45.8 Å². The SMILES string of the molecule is CCc1cccc2c(/C=C3\SC(=O)N(Cc4ccc(Cl)c(Cl)c4)C3=O)cn(Cc3ccc(Cl)cc3)c12. The third-order valence-electron chi connectivity index (χ3n) is 6.14. The van der Waals surface area contributed by atoms with E-state index in [2.05, 4.69) is 23.6 Å². The molecule has 0 saturated carbocycles. The van der Waals surface area contributed by atoms with Gasteiger partial charge in [-0.25, -0.2) is 0 Å². The molecule has 3 aromatic carbocycles. The summed E-state index contributed by atoms with van der Waals surface area (Å²) < 4.78 is 2.20. The molecule has 36 heavy (non-hydrogen) atoms. The fraction of sp³-hybridized carbons (Fsp3) is 0.143. The summed E-state index contributed by atoms with van der Waals surface area (Å²) in [5.41, 5.74) is 5.09. The third-order valence-corrected chi connectivity index (χ3v) is 8.04. The molecule has 5 rings (SSSR count). The van der Waals surface area contributed by atoms with Crippen molar-refractivity contribution >= 4 is 74.7 Å². The van der Waals surface area contributed by atoms with E-state index in [-0.39, 0.29) is 17.7 Å². The predicted octanol–water partition coefficient (Wildman–Crippen LogP) is 8.45. The first-order valence-electron chi connectivity index (χ1n) is 11.4. The van der Waals surface area contributed by atoms with E-state index >= 15 is 0 Å². The molecule has 4 nitrogen and oxygen atoms in total. The minimum Gasteiger partial charge on any atom is -0.342 e. The molecular formula is C28H21Cl3N2O2S. The molecule has 0 unspecified atom stereocenters. The second-order valence-corrected chi connectivity index (χ2v) is 10.8. The van der Waals surface area contributed by atoms with E-state index in [0.29, 0.717) is 26.5 Å². The molecule has 2 heterocycles. The Kier molecular flexibility index (Phi) is 7.18. The van der Waals surface area contributed by atoms with Crippen LogP contribution in [0, 0.1) is 0 Å². The molecule has 2 amide bonds. The third kappa shape index (κ3) is 4.94. The van der Waals surface area contributed by atoms with Crippen molar-refractivity contribution in [1.29, 1.82) is 0 Å². The highest BCUT2D eigenvalue weighted by molar-refractivity contribution is 8.18. The number of fused-ring (bicyclic) bond motifs is 1. The number of halogens is 3. The van der Waals surface area contributed by atoms with Gasteiger partial charge in [0.15, 0.2) is 0 Å². The smallest absolute Gasteiger partial charge is 0.293 e. The van der Waals surface area contributed by atoms with Gasteiger partial charge in [0, 0.05) is 28.7 Å². The van der Waals surface area contributed by atoms with Gasteiger partial charge in [-0.1, -0.05) is 78.1 Å². The number of para-hydroxylation sites is 1. The van der Waals surface area contributed by atoms with Gasteiger partial charge in [0.25, 0.3) is 11.1 Å². The van der Waals surface area contributed by atoms with Crippen LogP contribution in [0.2, 0.25) is 15.1 Å². The molecule has 1 aliphatic rings. The Hall–Kier alpha value is -2.70. The van der Waals surface area contributed by atoms with Crippen molar-refractivity contribution in [3.63, 3.8) is 0 Å². The molecule has 0 spiro atoms. The van der Waals surface area contributed by atoms with Gasteiger partial charge in [0.2, 0.25) is 0 Å². The van der Waals surface area contributed by atoms with Gasteiger partial charge >= 0.3 is 0 Å². The summed E-state index contributed by atoms with van der Waals surface area (Å²) in [6.07, 6.45) is 4.74. The Balaban J connectivity index is 1.49. The Labute approximate surface area is 228 Å². The highest BCUT2D eigenvalue weighted by atomic mass is 35.5. The number of nitrogens with zero attached hydrogens (tertiary/aromatic N) is 2. The number of aromatic nitrogens is 1. The number of imide groups is 1. The topological polar surface area (TPSA) is 42.3 Å². The summed E-state index contributed by atoms with van der Waals surface area (Å²) in [6, 6.07) is 19.1. The first-order chi connectivity index (χ1) is 17.3. The highest BCUT2D eigenvalue weighted by Gasteiger charge is 2.35. The number of hydrogen-bond donors (Lipinski definition) is 0. The van der Waals surface area contributed by atoms with E-state index in [1.807, 2.05) is 42.6 Å². The van der Waals surface area contributed by atoms with E-state index in [1.165, 1.54) is 10.5 Å². The minimum atomic E-state index is -0.318. The van der Waals surface area contributed by atoms with Crippen LogP contribution in [0.5, 0.6) is 0 Å². The number of carbonyl (C=O) groups excluding carboxylic acids is 2. The van der Waals surface area contributed by atoms with Gasteiger partial charge in [-0.2, -0.15) is 0 Å². The van der Waals surface area contributed by atoms with Gasteiger partial charge in [-0.3, -0.25) is 14.5 Å². The maximum atomic E-state index is 13.2. The van der Waals surface area contributed by atoms with Crippen molar-refractivity contribution in [3.05, 3.63) is 109 Å². The second-order valence-electron chi connectivity index (χ2n) is 8.52. The molecule has 0 bridgehead atoms. The highest BCUT2D eigenvalue weighted by Crippen LogP contribution is 2.36. The number of benzene rings is 3. The minimum absolute atomic E-state index is 0.136. The maximum Gasteiger partial charge on any atom is 0.293 e. The van der Waals surface area contributed by atoms with Gasteiger partial charge in [-0.05, 0) is 65.2 Å².